The Hall–Kier alpha value is -3.55. The molecule has 156 valence electrons. The van der Waals surface area contributed by atoms with E-state index in [1.165, 1.54) is 0 Å². The van der Waals surface area contributed by atoms with Crippen LogP contribution in [0.15, 0.2) is 48.5 Å². The van der Waals surface area contributed by atoms with Crippen LogP contribution >= 0.6 is 0 Å². The van der Waals surface area contributed by atoms with Gasteiger partial charge in [-0.1, -0.05) is 55.0 Å². The van der Waals surface area contributed by atoms with E-state index < -0.39 is 11.9 Å². The van der Waals surface area contributed by atoms with Crippen LogP contribution in [-0.2, 0) is 11.2 Å². The Labute approximate surface area is 174 Å². The Balaban J connectivity index is 1.88. The van der Waals surface area contributed by atoms with Gasteiger partial charge in [-0.2, -0.15) is 5.21 Å². The lowest BCUT2D eigenvalue weighted by molar-refractivity contribution is -0.143. The lowest BCUT2D eigenvalue weighted by Crippen LogP contribution is -2.25. The smallest absolute Gasteiger partial charge is 0.307 e. The topological polar surface area (TPSA) is 121 Å². The number of carbonyl (C=O) groups excluding carboxylic acids is 1. The number of aromatic amines is 1. The summed E-state index contributed by atoms with van der Waals surface area (Å²) in [6.45, 7) is 1.96. The second-order valence-electron chi connectivity index (χ2n) is 7.17. The molecule has 30 heavy (non-hydrogen) atoms. The molecular formula is C22H25N5O3. The summed E-state index contributed by atoms with van der Waals surface area (Å²) in [4.78, 5) is 23.6. The van der Waals surface area contributed by atoms with Crippen LogP contribution in [0.2, 0.25) is 0 Å². The second-order valence-corrected chi connectivity index (χ2v) is 7.17. The maximum Gasteiger partial charge on any atom is 0.307 e. The minimum atomic E-state index is -0.854. The number of aliphatic carboxylic acids is 1. The number of H-pyrrole nitrogens is 1. The molecule has 0 saturated carbocycles. The number of amides is 1. The molecule has 8 heteroatoms. The molecule has 0 bridgehead atoms. The van der Waals surface area contributed by atoms with Gasteiger partial charge in [-0.15, -0.1) is 10.2 Å². The molecule has 0 saturated heterocycles. The van der Waals surface area contributed by atoms with E-state index in [0.717, 1.165) is 23.1 Å². The Morgan fingerprint density at radius 3 is 2.50 bits per heavy atom. The molecule has 0 spiro atoms. The fraction of sp³-hybridized carbons (Fsp3) is 0.318. The monoisotopic (exact) mass is 407 g/mol. The van der Waals surface area contributed by atoms with Crippen LogP contribution < -0.4 is 5.32 Å². The molecule has 0 unspecified atom stereocenters. The molecule has 3 aromatic rings. The number of carbonyl (C=O) groups is 2. The molecule has 0 aliphatic rings. The molecule has 1 amide bonds. The van der Waals surface area contributed by atoms with Gasteiger partial charge in [0.2, 0.25) is 0 Å². The first-order valence-electron chi connectivity index (χ1n) is 9.91. The summed E-state index contributed by atoms with van der Waals surface area (Å²) >= 11 is 0. The van der Waals surface area contributed by atoms with Crippen molar-refractivity contribution in [3.05, 3.63) is 65.5 Å². The largest absolute Gasteiger partial charge is 0.481 e. The third-order valence-electron chi connectivity index (χ3n) is 5.19. The highest BCUT2D eigenvalue weighted by atomic mass is 16.4. The zero-order valence-electron chi connectivity index (χ0n) is 17.0. The first kappa shape index (κ1) is 21.2. The number of benzene rings is 2. The number of hydrogen-bond donors (Lipinski definition) is 3. The molecule has 0 radical (unpaired) electrons. The standard InChI is InChI=1S/C22H25N5O3/c1-3-5-18(22(29)30)19(20-24-26-27-25-20)13-14-6-4-7-17(12-14)15-8-10-16(11-9-15)21(28)23-2/h4,6-12,18-19H,3,5,13H2,1-2H3,(H,23,28)(H,29,30)(H,24,25,26,27)/t18-,19-/m0/s1. The average Bonchev–Trinajstić information content (AvgIpc) is 3.30. The van der Waals surface area contributed by atoms with Crippen LogP contribution in [0.5, 0.6) is 0 Å². The molecule has 2 aromatic carbocycles. The van der Waals surface area contributed by atoms with E-state index in [1.807, 2.05) is 43.3 Å². The summed E-state index contributed by atoms with van der Waals surface area (Å²) in [7, 11) is 1.60. The molecular weight excluding hydrogens is 382 g/mol. The van der Waals surface area contributed by atoms with E-state index >= 15 is 0 Å². The third kappa shape index (κ3) is 4.89. The van der Waals surface area contributed by atoms with Gasteiger partial charge < -0.3 is 10.4 Å². The molecule has 2 atom stereocenters. The zero-order chi connectivity index (χ0) is 21.5. The predicted molar refractivity (Wildman–Crippen MR) is 112 cm³/mol. The first-order chi connectivity index (χ1) is 14.5. The van der Waals surface area contributed by atoms with Crippen molar-refractivity contribution in [2.75, 3.05) is 7.05 Å². The van der Waals surface area contributed by atoms with Crippen molar-refractivity contribution in [3.63, 3.8) is 0 Å². The van der Waals surface area contributed by atoms with Crippen LogP contribution in [0.4, 0.5) is 0 Å². The van der Waals surface area contributed by atoms with Crippen LogP contribution in [0.3, 0.4) is 0 Å². The molecule has 3 N–H and O–H groups in total. The van der Waals surface area contributed by atoms with E-state index in [-0.39, 0.29) is 11.8 Å². The summed E-state index contributed by atoms with van der Waals surface area (Å²) in [5.74, 6) is -1.55. The number of carboxylic acids is 1. The molecule has 0 aliphatic carbocycles. The molecule has 1 heterocycles. The van der Waals surface area contributed by atoms with Crippen molar-refractivity contribution in [2.45, 2.75) is 32.1 Å². The van der Waals surface area contributed by atoms with E-state index in [1.54, 1.807) is 19.2 Å². The normalized spacial score (nSPS) is 12.9. The van der Waals surface area contributed by atoms with Crippen molar-refractivity contribution in [3.8, 4) is 11.1 Å². The quantitative estimate of drug-likeness (QED) is 0.501. The van der Waals surface area contributed by atoms with Crippen molar-refractivity contribution in [1.82, 2.24) is 25.9 Å². The highest BCUT2D eigenvalue weighted by Crippen LogP contribution is 2.31. The van der Waals surface area contributed by atoms with Gasteiger partial charge in [0.05, 0.1) is 5.92 Å². The van der Waals surface area contributed by atoms with Crippen molar-refractivity contribution in [1.29, 1.82) is 0 Å². The maximum atomic E-state index is 11.9. The lowest BCUT2D eigenvalue weighted by atomic mass is 9.83. The number of nitrogens with zero attached hydrogens (tertiary/aromatic N) is 3. The van der Waals surface area contributed by atoms with Gasteiger partial charge in [0.1, 0.15) is 0 Å². The van der Waals surface area contributed by atoms with Crippen LogP contribution in [0, 0.1) is 5.92 Å². The van der Waals surface area contributed by atoms with Gasteiger partial charge in [-0.3, -0.25) is 9.59 Å². The van der Waals surface area contributed by atoms with E-state index in [0.29, 0.717) is 24.2 Å². The second kappa shape index (κ2) is 9.78. The fourth-order valence-electron chi connectivity index (χ4n) is 3.64. The summed E-state index contributed by atoms with van der Waals surface area (Å²) in [6.07, 6.45) is 1.78. The van der Waals surface area contributed by atoms with Gasteiger partial charge in [0, 0.05) is 18.5 Å². The summed E-state index contributed by atoms with van der Waals surface area (Å²) in [5, 5.41) is 26.5. The van der Waals surface area contributed by atoms with E-state index in [4.69, 9.17) is 0 Å². The Morgan fingerprint density at radius 2 is 1.90 bits per heavy atom. The fourth-order valence-corrected chi connectivity index (χ4v) is 3.64. The predicted octanol–water partition coefficient (Wildman–Crippen LogP) is 3.05. The van der Waals surface area contributed by atoms with Gasteiger partial charge in [-0.05, 0) is 41.7 Å². The number of rotatable bonds is 9. The molecule has 8 nitrogen and oxygen atoms in total. The number of aromatic nitrogens is 4. The van der Waals surface area contributed by atoms with Crippen LogP contribution in [-0.4, -0.2) is 44.7 Å². The summed E-state index contributed by atoms with van der Waals surface area (Å²) < 4.78 is 0. The van der Waals surface area contributed by atoms with Crippen molar-refractivity contribution < 1.29 is 14.7 Å². The van der Waals surface area contributed by atoms with Crippen LogP contribution in [0.1, 0.15) is 47.4 Å². The minimum absolute atomic E-state index is 0.131. The minimum Gasteiger partial charge on any atom is -0.481 e. The highest BCUT2D eigenvalue weighted by Gasteiger charge is 2.32. The maximum absolute atomic E-state index is 11.9. The van der Waals surface area contributed by atoms with Gasteiger partial charge >= 0.3 is 5.97 Å². The first-order valence-corrected chi connectivity index (χ1v) is 9.91. The number of hydrogen-bond acceptors (Lipinski definition) is 5. The molecule has 1 aromatic heterocycles. The number of carboxylic acid groups (broad SMARTS) is 1. The number of tetrazole rings is 1. The molecule has 0 aliphatic heterocycles. The molecule has 3 rings (SSSR count). The van der Waals surface area contributed by atoms with Gasteiger partial charge in [0.25, 0.3) is 5.91 Å². The Morgan fingerprint density at radius 1 is 1.13 bits per heavy atom. The lowest BCUT2D eigenvalue weighted by Gasteiger charge is -2.21. The third-order valence-corrected chi connectivity index (χ3v) is 5.19. The van der Waals surface area contributed by atoms with Crippen LogP contribution in [0.25, 0.3) is 11.1 Å². The number of nitrogens with one attached hydrogen (secondary N) is 2. The zero-order valence-corrected chi connectivity index (χ0v) is 17.0. The van der Waals surface area contributed by atoms with E-state index in [9.17, 15) is 14.7 Å². The van der Waals surface area contributed by atoms with Gasteiger partial charge in [0.15, 0.2) is 5.82 Å². The average molecular weight is 407 g/mol. The van der Waals surface area contributed by atoms with E-state index in [2.05, 4.69) is 25.9 Å². The molecule has 0 fully saturated rings. The van der Waals surface area contributed by atoms with Gasteiger partial charge in [-0.25, -0.2) is 0 Å². The van der Waals surface area contributed by atoms with Crippen molar-refractivity contribution >= 4 is 11.9 Å². The Kier molecular flexibility index (Phi) is 6.90. The Bertz CT molecular complexity index is 986. The highest BCUT2D eigenvalue weighted by molar-refractivity contribution is 5.94. The van der Waals surface area contributed by atoms with Crippen molar-refractivity contribution in [2.24, 2.45) is 5.92 Å². The summed E-state index contributed by atoms with van der Waals surface area (Å²) in [5.41, 5.74) is 3.55. The summed E-state index contributed by atoms with van der Waals surface area (Å²) in [6, 6.07) is 15.3. The SMILES string of the molecule is CCC[C@H](C(=O)O)[C@H](Cc1cccc(-c2ccc(C(=O)NC)cc2)c1)c1nn[nH]n1.